The molecular formula is C4H6BeO4. The molecule has 0 fully saturated rings. The number of carboxylic acid groups (broad SMARTS) is 2. The topological polar surface area (TPSA) is 80.3 Å². The van der Waals surface area contributed by atoms with Crippen LogP contribution in [0.3, 0.4) is 0 Å². The van der Waals surface area contributed by atoms with Gasteiger partial charge in [-0.15, -0.1) is 0 Å². The number of hydrogen-bond acceptors (Lipinski definition) is 4. The summed E-state index contributed by atoms with van der Waals surface area (Å²) in [6.07, 6.45) is 0. The first kappa shape index (κ1) is 15.7. The van der Waals surface area contributed by atoms with Gasteiger partial charge < -0.3 is 19.8 Å². The van der Waals surface area contributed by atoms with Gasteiger partial charge in [0, 0.05) is 11.9 Å². The molecule has 0 rings (SSSR count). The maximum Gasteiger partial charge on any atom is 2.00 e. The first-order valence-corrected chi connectivity index (χ1v) is 1.82. The average Bonchev–Trinajstić information content (AvgIpc) is 1.25. The standard InChI is InChI=1S/2C2H4O2.Be/c2*1-2(3)4;/h2*1H3,(H,3,4);/q;;+2/p-2. The molecule has 4 nitrogen and oxygen atoms in total. The minimum atomic E-state index is -1.08. The van der Waals surface area contributed by atoms with Crippen molar-refractivity contribution in [3.63, 3.8) is 0 Å². The van der Waals surface area contributed by atoms with Gasteiger partial charge >= 0.3 is 10.1 Å². The second-order valence-electron chi connectivity index (χ2n) is 0.983. The zero-order valence-corrected chi connectivity index (χ0v) is 5.34. The van der Waals surface area contributed by atoms with Crippen LogP contribution in [-0.4, -0.2) is 22.1 Å². The SMILES string of the molecule is CC(=O)[O-].CC(=O)[O-].[Be+2]. The predicted octanol–water partition coefficient (Wildman–Crippen LogP) is -2.87. The van der Waals surface area contributed by atoms with Crippen molar-refractivity contribution in [3.8, 4) is 0 Å². The van der Waals surface area contributed by atoms with Gasteiger partial charge in [0.05, 0.1) is 0 Å². The van der Waals surface area contributed by atoms with Crippen molar-refractivity contribution in [2.45, 2.75) is 13.8 Å². The number of carbonyl (C=O) groups is 2. The Balaban J connectivity index is -0.0000000720. The summed E-state index contributed by atoms with van der Waals surface area (Å²) in [6, 6.07) is 0. The van der Waals surface area contributed by atoms with Crippen LogP contribution in [0.25, 0.3) is 0 Å². The van der Waals surface area contributed by atoms with Gasteiger partial charge in [0.25, 0.3) is 0 Å². The summed E-state index contributed by atoms with van der Waals surface area (Å²) in [6.45, 7) is 1.94. The van der Waals surface area contributed by atoms with Crippen LogP contribution >= 0.6 is 0 Å². The molecule has 9 heavy (non-hydrogen) atoms. The Kier molecular flexibility index (Phi) is 17.7. The second kappa shape index (κ2) is 10.2. The summed E-state index contributed by atoms with van der Waals surface area (Å²) in [5.74, 6) is -2.17. The van der Waals surface area contributed by atoms with Crippen LogP contribution in [0.5, 0.6) is 0 Å². The molecular weight excluding hydrogens is 121 g/mol. The molecule has 0 spiro atoms. The number of rotatable bonds is 0. The van der Waals surface area contributed by atoms with Crippen LogP contribution < -0.4 is 10.2 Å². The Morgan fingerprint density at radius 3 is 1.00 bits per heavy atom. The van der Waals surface area contributed by atoms with Crippen molar-refractivity contribution in [1.82, 2.24) is 0 Å². The van der Waals surface area contributed by atoms with Crippen LogP contribution in [0.4, 0.5) is 0 Å². The number of hydrogen-bond donors (Lipinski definition) is 0. The quantitative estimate of drug-likeness (QED) is 0.327. The normalized spacial score (nSPS) is 5.56. The molecule has 0 radical (unpaired) electrons. The maximum atomic E-state index is 8.89. The molecule has 0 aliphatic carbocycles. The molecule has 0 heterocycles. The van der Waals surface area contributed by atoms with E-state index in [0.29, 0.717) is 0 Å². The summed E-state index contributed by atoms with van der Waals surface area (Å²) < 4.78 is 0. The molecule has 48 valence electrons. The van der Waals surface area contributed by atoms with E-state index >= 15 is 0 Å². The van der Waals surface area contributed by atoms with Crippen LogP contribution in [-0.2, 0) is 9.59 Å². The first-order valence-electron chi connectivity index (χ1n) is 1.82. The maximum absolute atomic E-state index is 8.89. The van der Waals surface area contributed by atoms with E-state index < -0.39 is 11.9 Å². The van der Waals surface area contributed by atoms with Crippen molar-refractivity contribution < 1.29 is 19.8 Å². The van der Waals surface area contributed by atoms with Crippen LogP contribution in [0.2, 0.25) is 0 Å². The Bertz CT molecular complexity index is 70.6. The Labute approximate surface area is 56.7 Å². The summed E-state index contributed by atoms with van der Waals surface area (Å²) >= 11 is 0. The summed E-state index contributed by atoms with van der Waals surface area (Å²) in [5.41, 5.74) is 0. The molecule has 0 saturated carbocycles. The van der Waals surface area contributed by atoms with E-state index in [1.807, 2.05) is 0 Å². The van der Waals surface area contributed by atoms with E-state index in [-0.39, 0.29) is 10.1 Å². The van der Waals surface area contributed by atoms with Crippen molar-refractivity contribution in [3.05, 3.63) is 0 Å². The van der Waals surface area contributed by atoms with Crippen LogP contribution in [0.15, 0.2) is 0 Å². The molecule has 0 aromatic rings. The van der Waals surface area contributed by atoms with E-state index in [0.717, 1.165) is 13.8 Å². The van der Waals surface area contributed by atoms with Crippen molar-refractivity contribution in [2.24, 2.45) is 0 Å². The Morgan fingerprint density at radius 1 is 1.00 bits per heavy atom. The third kappa shape index (κ3) is 234. The summed E-state index contributed by atoms with van der Waals surface area (Å²) in [5, 5.41) is 17.8. The van der Waals surface area contributed by atoms with Gasteiger partial charge in [-0.3, -0.25) is 0 Å². The second-order valence-corrected chi connectivity index (χ2v) is 0.983. The fraction of sp³-hybridized carbons (Fsp3) is 0.500. The monoisotopic (exact) mass is 127 g/mol. The van der Waals surface area contributed by atoms with Gasteiger partial charge in [-0.05, 0) is 13.8 Å². The van der Waals surface area contributed by atoms with Gasteiger partial charge in [-0.1, -0.05) is 0 Å². The third-order valence-electron chi connectivity index (χ3n) is 0. The Morgan fingerprint density at radius 2 is 1.00 bits per heavy atom. The first-order chi connectivity index (χ1) is 3.46. The molecule has 0 N–H and O–H groups in total. The molecule has 0 aliphatic rings. The minimum Gasteiger partial charge on any atom is -0.550 e. The molecule has 5 heteroatoms. The zero-order valence-electron chi connectivity index (χ0n) is 5.34. The smallest absolute Gasteiger partial charge is 0.550 e. The zero-order chi connectivity index (χ0) is 7.15. The van der Waals surface area contributed by atoms with Crippen molar-refractivity contribution in [1.29, 1.82) is 0 Å². The fourth-order valence-electron chi connectivity index (χ4n) is 0. The molecule has 0 atom stereocenters. The molecule has 0 amide bonds. The molecule has 0 aromatic heterocycles. The largest absolute Gasteiger partial charge is 2.00 e. The van der Waals surface area contributed by atoms with E-state index in [4.69, 9.17) is 19.8 Å². The van der Waals surface area contributed by atoms with Gasteiger partial charge in [0.1, 0.15) is 0 Å². The van der Waals surface area contributed by atoms with E-state index in [9.17, 15) is 0 Å². The average molecular weight is 127 g/mol. The summed E-state index contributed by atoms with van der Waals surface area (Å²) in [7, 11) is 0. The van der Waals surface area contributed by atoms with E-state index in [1.165, 1.54) is 0 Å². The molecule has 0 aromatic carbocycles. The van der Waals surface area contributed by atoms with Crippen LogP contribution in [0.1, 0.15) is 13.8 Å². The van der Waals surface area contributed by atoms with Gasteiger partial charge in [-0.2, -0.15) is 0 Å². The molecule has 0 bridgehead atoms. The van der Waals surface area contributed by atoms with Gasteiger partial charge in [0.15, 0.2) is 0 Å². The number of carbonyl (C=O) groups excluding carboxylic acids is 2. The van der Waals surface area contributed by atoms with Crippen LogP contribution in [0, 0.1) is 0 Å². The summed E-state index contributed by atoms with van der Waals surface area (Å²) in [4.78, 5) is 17.8. The van der Waals surface area contributed by atoms with E-state index in [2.05, 4.69) is 0 Å². The minimum absolute atomic E-state index is 0. The number of carboxylic acids is 2. The molecule has 0 unspecified atom stereocenters. The number of aliphatic carboxylic acids is 2. The van der Waals surface area contributed by atoms with Gasteiger partial charge in [-0.25, -0.2) is 0 Å². The third-order valence-corrected chi connectivity index (χ3v) is 0. The van der Waals surface area contributed by atoms with Crippen molar-refractivity contribution >= 4 is 22.1 Å². The molecule has 0 aliphatic heterocycles. The predicted molar refractivity (Wildman–Crippen MR) is 27.1 cm³/mol. The fourth-order valence-corrected chi connectivity index (χ4v) is 0. The van der Waals surface area contributed by atoms with Crippen molar-refractivity contribution in [2.75, 3.05) is 0 Å². The van der Waals surface area contributed by atoms with E-state index in [1.54, 1.807) is 0 Å². The molecule has 0 saturated heterocycles. The Hall–Kier alpha value is -0.891. The van der Waals surface area contributed by atoms with Gasteiger partial charge in [0.2, 0.25) is 0 Å².